The van der Waals surface area contributed by atoms with Crippen molar-refractivity contribution in [2.45, 2.75) is 32.5 Å². The lowest BCUT2D eigenvalue weighted by atomic mass is 10.2. The Kier molecular flexibility index (Phi) is 13.0. The quantitative estimate of drug-likeness (QED) is 0.227. The van der Waals surface area contributed by atoms with Gasteiger partial charge in [-0.1, -0.05) is 0 Å². The van der Waals surface area contributed by atoms with E-state index >= 15 is 0 Å². The van der Waals surface area contributed by atoms with Crippen LogP contribution in [-0.4, -0.2) is 105 Å². The van der Waals surface area contributed by atoms with E-state index < -0.39 is 12.2 Å². The molecule has 1 atom stereocenters. The molecule has 0 radical (unpaired) electrons. The van der Waals surface area contributed by atoms with Gasteiger partial charge in [-0.25, -0.2) is 4.99 Å². The van der Waals surface area contributed by atoms with E-state index in [1.807, 2.05) is 11.8 Å². The minimum Gasteiger partial charge on any atom is -0.382 e. The second-order valence-electron chi connectivity index (χ2n) is 6.65. The second-order valence-corrected chi connectivity index (χ2v) is 6.65. The third-order valence-electron chi connectivity index (χ3n) is 4.45. The maximum Gasteiger partial charge on any atom is 0.403 e. The Bertz CT molecular complexity index is 484. The van der Waals surface area contributed by atoms with Crippen molar-refractivity contribution in [2.75, 3.05) is 66.6 Å². The van der Waals surface area contributed by atoms with Crippen molar-refractivity contribution >= 4 is 35.8 Å². The summed E-state index contributed by atoms with van der Waals surface area (Å²) in [5, 5.41) is 3.20. The number of aliphatic imine (C=N–C) groups is 1. The van der Waals surface area contributed by atoms with Crippen molar-refractivity contribution in [3.8, 4) is 0 Å². The van der Waals surface area contributed by atoms with Gasteiger partial charge < -0.3 is 19.9 Å². The third-order valence-corrected chi connectivity index (χ3v) is 4.45. The number of nitrogens with one attached hydrogen (secondary N) is 1. The van der Waals surface area contributed by atoms with Crippen LogP contribution in [0.2, 0.25) is 0 Å². The number of piperazine rings is 1. The Morgan fingerprint density at radius 3 is 2.36 bits per heavy atom. The summed E-state index contributed by atoms with van der Waals surface area (Å²) >= 11 is 0. The molecular weight excluding hydrogens is 490 g/mol. The van der Waals surface area contributed by atoms with Crippen LogP contribution >= 0.6 is 24.0 Å². The molecule has 1 saturated heterocycles. The zero-order valence-electron chi connectivity index (χ0n) is 17.1. The number of hydrogen-bond acceptors (Lipinski definition) is 4. The van der Waals surface area contributed by atoms with Crippen molar-refractivity contribution in [1.82, 2.24) is 20.0 Å². The summed E-state index contributed by atoms with van der Waals surface area (Å²) < 4.78 is 44.0. The van der Waals surface area contributed by atoms with Crippen LogP contribution in [0, 0.1) is 0 Å². The topological polar surface area (TPSA) is 60.4 Å². The average molecular weight is 523 g/mol. The summed E-state index contributed by atoms with van der Waals surface area (Å²) in [6.45, 7) is 6.43. The van der Waals surface area contributed by atoms with Gasteiger partial charge >= 0.3 is 6.18 Å². The molecule has 0 aromatic heterocycles. The standard InChI is InChI=1S/C17H32F3N5O2.HI/c1-5-27-12-6-7-21-16(22-13-15(26)23(3)4)25-10-8-24(9-11-25)14(2)17(18,19)20;/h14H,5-13H2,1-4H3,(H,21,22);1H. The molecule has 0 aromatic carbocycles. The Morgan fingerprint density at radius 2 is 1.86 bits per heavy atom. The van der Waals surface area contributed by atoms with Gasteiger partial charge in [-0.3, -0.25) is 9.69 Å². The summed E-state index contributed by atoms with van der Waals surface area (Å²) in [5.41, 5.74) is 0. The number of alkyl halides is 3. The first-order valence-electron chi connectivity index (χ1n) is 9.28. The minimum atomic E-state index is -4.23. The van der Waals surface area contributed by atoms with Crippen molar-refractivity contribution in [1.29, 1.82) is 0 Å². The third kappa shape index (κ3) is 9.59. The Hall–Kier alpha value is -0.820. The van der Waals surface area contributed by atoms with Gasteiger partial charge in [-0.05, 0) is 20.3 Å². The van der Waals surface area contributed by atoms with E-state index in [-0.39, 0.29) is 36.4 Å². The molecule has 1 amide bonds. The first-order chi connectivity index (χ1) is 12.7. The van der Waals surface area contributed by atoms with Crippen LogP contribution in [0.5, 0.6) is 0 Å². The smallest absolute Gasteiger partial charge is 0.382 e. The lowest BCUT2D eigenvalue weighted by molar-refractivity contribution is -0.181. The molecule has 1 aliphatic heterocycles. The molecule has 0 spiro atoms. The second kappa shape index (κ2) is 13.4. The fourth-order valence-corrected chi connectivity index (χ4v) is 2.60. The number of rotatable bonds is 8. The maximum absolute atomic E-state index is 12.9. The molecule has 28 heavy (non-hydrogen) atoms. The van der Waals surface area contributed by atoms with Gasteiger partial charge in [0.25, 0.3) is 0 Å². The molecule has 7 nitrogen and oxygen atoms in total. The lowest BCUT2D eigenvalue weighted by Crippen LogP contribution is -2.57. The Labute approximate surface area is 182 Å². The molecule has 1 fully saturated rings. The highest BCUT2D eigenvalue weighted by molar-refractivity contribution is 14.0. The van der Waals surface area contributed by atoms with Crippen LogP contribution < -0.4 is 5.32 Å². The number of likely N-dealkylation sites (N-methyl/N-ethyl adjacent to an activating group) is 1. The van der Waals surface area contributed by atoms with Crippen molar-refractivity contribution < 1.29 is 22.7 Å². The zero-order chi connectivity index (χ0) is 20.4. The van der Waals surface area contributed by atoms with Crippen LogP contribution in [-0.2, 0) is 9.53 Å². The summed E-state index contributed by atoms with van der Waals surface area (Å²) in [6.07, 6.45) is -3.45. The monoisotopic (exact) mass is 523 g/mol. The summed E-state index contributed by atoms with van der Waals surface area (Å²) in [5.74, 6) is 0.425. The Balaban J connectivity index is 0.00000729. The molecule has 1 aliphatic rings. The van der Waals surface area contributed by atoms with Gasteiger partial charge in [-0.2, -0.15) is 13.2 Å². The van der Waals surface area contributed by atoms with E-state index in [4.69, 9.17) is 4.74 Å². The van der Waals surface area contributed by atoms with Crippen molar-refractivity contribution in [3.05, 3.63) is 0 Å². The molecule has 0 aromatic rings. The average Bonchev–Trinajstić information content (AvgIpc) is 2.62. The number of nitrogens with zero attached hydrogens (tertiary/aromatic N) is 4. The molecule has 166 valence electrons. The van der Waals surface area contributed by atoms with Crippen LogP contribution in [0.4, 0.5) is 13.2 Å². The normalized spacial score (nSPS) is 17.1. The SMILES string of the molecule is CCOCCCNC(=NCC(=O)N(C)C)N1CCN(C(C)C(F)(F)F)CC1.I. The first kappa shape index (κ1) is 27.2. The van der Waals surface area contributed by atoms with Gasteiger partial charge in [0, 0.05) is 60.0 Å². The number of amides is 1. The van der Waals surface area contributed by atoms with E-state index in [0.29, 0.717) is 51.9 Å². The van der Waals surface area contributed by atoms with E-state index in [2.05, 4.69) is 10.3 Å². The van der Waals surface area contributed by atoms with Gasteiger partial charge in [0.2, 0.25) is 5.91 Å². The number of halogens is 4. The largest absolute Gasteiger partial charge is 0.403 e. The molecular formula is C17H33F3IN5O2. The highest BCUT2D eigenvalue weighted by atomic mass is 127. The van der Waals surface area contributed by atoms with Crippen LogP contribution in [0.15, 0.2) is 4.99 Å². The van der Waals surface area contributed by atoms with Crippen molar-refractivity contribution in [3.63, 3.8) is 0 Å². The van der Waals surface area contributed by atoms with E-state index in [1.54, 1.807) is 14.1 Å². The maximum atomic E-state index is 12.9. The fraction of sp³-hybridized carbons (Fsp3) is 0.882. The molecule has 11 heteroatoms. The predicted octanol–water partition coefficient (Wildman–Crippen LogP) is 1.63. The van der Waals surface area contributed by atoms with Gasteiger partial charge in [0.05, 0.1) is 0 Å². The van der Waals surface area contributed by atoms with E-state index in [1.165, 1.54) is 16.7 Å². The molecule has 1 rings (SSSR count). The number of ether oxygens (including phenoxy) is 1. The van der Waals surface area contributed by atoms with Crippen molar-refractivity contribution in [2.24, 2.45) is 4.99 Å². The van der Waals surface area contributed by atoms with Crippen LogP contribution in [0.25, 0.3) is 0 Å². The summed E-state index contributed by atoms with van der Waals surface area (Å²) in [6, 6.07) is -1.46. The Morgan fingerprint density at radius 1 is 1.25 bits per heavy atom. The lowest BCUT2D eigenvalue weighted by Gasteiger charge is -2.39. The van der Waals surface area contributed by atoms with Gasteiger partial charge in [0.15, 0.2) is 5.96 Å². The molecule has 1 unspecified atom stereocenters. The van der Waals surface area contributed by atoms with Gasteiger partial charge in [0.1, 0.15) is 12.6 Å². The number of hydrogen-bond donors (Lipinski definition) is 1. The molecule has 0 aliphatic carbocycles. The minimum absolute atomic E-state index is 0. The van der Waals surface area contributed by atoms with Gasteiger partial charge in [-0.15, -0.1) is 24.0 Å². The van der Waals surface area contributed by atoms with Crippen LogP contribution in [0.3, 0.4) is 0 Å². The molecule has 1 N–H and O–H groups in total. The highest BCUT2D eigenvalue weighted by Crippen LogP contribution is 2.25. The fourth-order valence-electron chi connectivity index (χ4n) is 2.60. The number of guanidine groups is 1. The number of carbonyl (C=O) groups excluding carboxylic acids is 1. The predicted molar refractivity (Wildman–Crippen MR) is 114 cm³/mol. The summed E-state index contributed by atoms with van der Waals surface area (Å²) in [4.78, 5) is 21.0. The number of carbonyl (C=O) groups is 1. The van der Waals surface area contributed by atoms with E-state index in [0.717, 1.165) is 6.42 Å². The molecule has 0 saturated carbocycles. The highest BCUT2D eigenvalue weighted by Gasteiger charge is 2.41. The van der Waals surface area contributed by atoms with E-state index in [9.17, 15) is 18.0 Å². The van der Waals surface area contributed by atoms with Crippen LogP contribution in [0.1, 0.15) is 20.3 Å². The zero-order valence-corrected chi connectivity index (χ0v) is 19.4. The summed E-state index contributed by atoms with van der Waals surface area (Å²) in [7, 11) is 3.31. The first-order valence-corrected chi connectivity index (χ1v) is 9.28. The molecule has 1 heterocycles. The molecule has 0 bridgehead atoms.